The number of anilines is 1. The zero-order valence-electron chi connectivity index (χ0n) is 10.8. The Kier molecular flexibility index (Phi) is 3.75. The Morgan fingerprint density at radius 1 is 1.21 bits per heavy atom. The summed E-state index contributed by atoms with van der Waals surface area (Å²) in [6.45, 7) is 3.93. The van der Waals surface area contributed by atoms with E-state index in [0.717, 1.165) is 5.56 Å². The molecule has 0 saturated carbocycles. The molecule has 19 heavy (non-hydrogen) atoms. The van der Waals surface area contributed by atoms with Crippen molar-refractivity contribution in [1.29, 1.82) is 0 Å². The molecule has 5 nitrogen and oxygen atoms in total. The van der Waals surface area contributed by atoms with Gasteiger partial charge in [-0.2, -0.15) is 0 Å². The quantitative estimate of drug-likeness (QED) is 0.880. The molecule has 0 bridgehead atoms. The number of carboxylic acid groups (broad SMARTS) is 1. The molecule has 2 N–H and O–H groups in total. The molecule has 0 atom stereocenters. The maximum absolute atomic E-state index is 11.1. The van der Waals surface area contributed by atoms with Gasteiger partial charge in [0, 0.05) is 17.7 Å². The summed E-state index contributed by atoms with van der Waals surface area (Å²) < 4.78 is 0. The molecule has 5 heteroatoms. The highest BCUT2D eigenvalue weighted by molar-refractivity contribution is 5.87. The predicted molar refractivity (Wildman–Crippen MR) is 73.2 cm³/mol. The van der Waals surface area contributed by atoms with Gasteiger partial charge in [-0.3, -0.25) is 0 Å². The second-order valence-electron chi connectivity index (χ2n) is 4.43. The van der Waals surface area contributed by atoms with Crippen LogP contribution in [0.15, 0.2) is 36.4 Å². The first-order valence-corrected chi connectivity index (χ1v) is 6.00. The number of nitrogens with zero attached hydrogens (tertiary/aromatic N) is 2. The zero-order valence-corrected chi connectivity index (χ0v) is 10.8. The van der Waals surface area contributed by atoms with E-state index in [9.17, 15) is 4.79 Å². The number of nitrogens with one attached hydrogen (secondary N) is 1. The summed E-state index contributed by atoms with van der Waals surface area (Å²) in [6, 6.07) is 10.9. The van der Waals surface area contributed by atoms with Crippen molar-refractivity contribution in [2.45, 2.75) is 19.9 Å². The molecule has 98 valence electrons. The van der Waals surface area contributed by atoms with Crippen LogP contribution in [0.2, 0.25) is 0 Å². The highest BCUT2D eigenvalue weighted by Gasteiger charge is 2.12. The summed E-state index contributed by atoms with van der Waals surface area (Å²) in [6.07, 6.45) is 0. The van der Waals surface area contributed by atoms with Crippen LogP contribution >= 0.6 is 0 Å². The molecule has 2 aromatic rings. The van der Waals surface area contributed by atoms with Crippen molar-refractivity contribution >= 4 is 11.8 Å². The van der Waals surface area contributed by atoms with Crippen LogP contribution in [0.25, 0.3) is 11.4 Å². The first-order chi connectivity index (χ1) is 9.06. The second kappa shape index (κ2) is 5.48. The van der Waals surface area contributed by atoms with E-state index in [4.69, 9.17) is 5.11 Å². The minimum Gasteiger partial charge on any atom is -0.477 e. The van der Waals surface area contributed by atoms with Crippen molar-refractivity contribution in [1.82, 2.24) is 9.97 Å². The Morgan fingerprint density at radius 2 is 1.89 bits per heavy atom. The third kappa shape index (κ3) is 3.28. The van der Waals surface area contributed by atoms with Crippen molar-refractivity contribution in [3.05, 3.63) is 42.1 Å². The van der Waals surface area contributed by atoms with E-state index >= 15 is 0 Å². The van der Waals surface area contributed by atoms with Crippen LogP contribution in [-0.4, -0.2) is 27.1 Å². The molecular formula is C14H15N3O2. The summed E-state index contributed by atoms with van der Waals surface area (Å²) in [5.74, 6) is -0.142. The first-order valence-electron chi connectivity index (χ1n) is 6.00. The average molecular weight is 257 g/mol. The van der Waals surface area contributed by atoms with Gasteiger partial charge in [0.15, 0.2) is 11.5 Å². The fourth-order valence-corrected chi connectivity index (χ4v) is 1.64. The van der Waals surface area contributed by atoms with Gasteiger partial charge in [0.25, 0.3) is 0 Å². The molecule has 0 spiro atoms. The maximum Gasteiger partial charge on any atom is 0.354 e. The van der Waals surface area contributed by atoms with Crippen molar-refractivity contribution in [3.8, 4) is 11.4 Å². The third-order valence-corrected chi connectivity index (χ3v) is 2.41. The fraction of sp³-hybridized carbons (Fsp3) is 0.214. The summed E-state index contributed by atoms with van der Waals surface area (Å²) in [4.78, 5) is 19.5. The smallest absolute Gasteiger partial charge is 0.354 e. The van der Waals surface area contributed by atoms with Crippen molar-refractivity contribution < 1.29 is 9.90 Å². The van der Waals surface area contributed by atoms with E-state index < -0.39 is 5.97 Å². The van der Waals surface area contributed by atoms with Crippen LogP contribution in [0.1, 0.15) is 24.3 Å². The summed E-state index contributed by atoms with van der Waals surface area (Å²) in [5.41, 5.74) is 0.773. The average Bonchev–Trinajstić information content (AvgIpc) is 2.38. The normalized spacial score (nSPS) is 10.5. The Labute approximate surface area is 111 Å². The van der Waals surface area contributed by atoms with E-state index in [-0.39, 0.29) is 11.7 Å². The van der Waals surface area contributed by atoms with E-state index in [0.29, 0.717) is 11.6 Å². The molecule has 2 rings (SSSR count). The Balaban J connectivity index is 2.48. The predicted octanol–water partition coefficient (Wildman–Crippen LogP) is 2.66. The zero-order chi connectivity index (χ0) is 13.8. The second-order valence-corrected chi connectivity index (χ2v) is 4.43. The molecule has 0 aliphatic carbocycles. The van der Waals surface area contributed by atoms with E-state index in [1.54, 1.807) is 0 Å². The Bertz CT molecular complexity index is 582. The van der Waals surface area contributed by atoms with Crippen LogP contribution < -0.4 is 5.32 Å². The van der Waals surface area contributed by atoms with Crippen molar-refractivity contribution in [3.63, 3.8) is 0 Å². The van der Waals surface area contributed by atoms with Gasteiger partial charge in [0.1, 0.15) is 5.82 Å². The molecule has 1 aromatic carbocycles. The Morgan fingerprint density at radius 3 is 2.47 bits per heavy atom. The number of carbonyl (C=O) groups is 1. The number of aromatic nitrogens is 2. The molecule has 0 radical (unpaired) electrons. The van der Waals surface area contributed by atoms with Crippen LogP contribution in [0.3, 0.4) is 0 Å². The molecule has 0 aliphatic rings. The van der Waals surface area contributed by atoms with Gasteiger partial charge in [-0.25, -0.2) is 14.8 Å². The summed E-state index contributed by atoms with van der Waals surface area (Å²) in [5, 5.41) is 12.2. The number of aromatic carboxylic acids is 1. The molecular weight excluding hydrogens is 242 g/mol. The first kappa shape index (κ1) is 13.0. The highest BCUT2D eigenvalue weighted by atomic mass is 16.4. The van der Waals surface area contributed by atoms with Crippen LogP contribution in [-0.2, 0) is 0 Å². The van der Waals surface area contributed by atoms with E-state index in [2.05, 4.69) is 15.3 Å². The Hall–Kier alpha value is -2.43. The minimum atomic E-state index is -1.06. The lowest BCUT2D eigenvalue weighted by molar-refractivity contribution is 0.0690. The maximum atomic E-state index is 11.1. The van der Waals surface area contributed by atoms with Gasteiger partial charge in [-0.15, -0.1) is 0 Å². The summed E-state index contributed by atoms with van der Waals surface area (Å²) in [7, 11) is 0. The third-order valence-electron chi connectivity index (χ3n) is 2.41. The van der Waals surface area contributed by atoms with Crippen LogP contribution in [0.4, 0.5) is 5.82 Å². The van der Waals surface area contributed by atoms with Gasteiger partial charge in [-0.1, -0.05) is 30.3 Å². The summed E-state index contributed by atoms with van der Waals surface area (Å²) >= 11 is 0. The number of rotatable bonds is 4. The fourth-order valence-electron chi connectivity index (χ4n) is 1.64. The lowest BCUT2D eigenvalue weighted by atomic mass is 10.2. The van der Waals surface area contributed by atoms with Crippen LogP contribution in [0, 0.1) is 0 Å². The minimum absolute atomic E-state index is 0.0167. The van der Waals surface area contributed by atoms with Crippen LogP contribution in [0.5, 0.6) is 0 Å². The molecule has 0 amide bonds. The van der Waals surface area contributed by atoms with E-state index in [1.807, 2.05) is 44.2 Å². The number of hydrogen-bond donors (Lipinski definition) is 2. The highest BCUT2D eigenvalue weighted by Crippen LogP contribution is 2.18. The lowest BCUT2D eigenvalue weighted by Gasteiger charge is -2.11. The largest absolute Gasteiger partial charge is 0.477 e. The standard InChI is InChI=1S/C14H15N3O2/c1-9(2)15-12-8-11(14(18)19)16-13(17-12)10-6-4-3-5-7-10/h3-9H,1-2H3,(H,18,19)(H,15,16,17). The number of benzene rings is 1. The molecule has 1 aromatic heterocycles. The monoisotopic (exact) mass is 257 g/mol. The van der Waals surface area contributed by atoms with Crippen molar-refractivity contribution in [2.24, 2.45) is 0 Å². The van der Waals surface area contributed by atoms with Crippen molar-refractivity contribution in [2.75, 3.05) is 5.32 Å². The van der Waals surface area contributed by atoms with Gasteiger partial charge < -0.3 is 10.4 Å². The number of carboxylic acids is 1. The molecule has 0 saturated heterocycles. The lowest BCUT2D eigenvalue weighted by Crippen LogP contribution is -2.13. The molecule has 0 aliphatic heterocycles. The van der Waals surface area contributed by atoms with E-state index in [1.165, 1.54) is 6.07 Å². The van der Waals surface area contributed by atoms with Gasteiger partial charge in [0.2, 0.25) is 0 Å². The van der Waals surface area contributed by atoms with Gasteiger partial charge >= 0.3 is 5.97 Å². The number of hydrogen-bond acceptors (Lipinski definition) is 4. The molecule has 0 unspecified atom stereocenters. The SMILES string of the molecule is CC(C)Nc1cc(C(=O)O)nc(-c2ccccc2)n1. The topological polar surface area (TPSA) is 75.1 Å². The van der Waals surface area contributed by atoms with Gasteiger partial charge in [0.05, 0.1) is 0 Å². The molecule has 0 fully saturated rings. The molecule has 1 heterocycles. The van der Waals surface area contributed by atoms with Gasteiger partial charge in [-0.05, 0) is 13.8 Å².